The van der Waals surface area contributed by atoms with Gasteiger partial charge in [-0.3, -0.25) is 10.00 Å². The van der Waals surface area contributed by atoms with Gasteiger partial charge in [-0.25, -0.2) is 0 Å². The molecule has 0 aliphatic carbocycles. The van der Waals surface area contributed by atoms with Crippen molar-refractivity contribution in [3.05, 3.63) is 29.2 Å². The maximum absolute atomic E-state index is 5.35. The number of H-pyrrole nitrogens is 1. The Kier molecular flexibility index (Phi) is 4.09. The summed E-state index contributed by atoms with van der Waals surface area (Å²) in [6.07, 6.45) is 2.13. The molecule has 2 rings (SSSR count). The van der Waals surface area contributed by atoms with Crippen molar-refractivity contribution in [1.82, 2.24) is 25.3 Å². The van der Waals surface area contributed by atoms with Crippen molar-refractivity contribution in [3.63, 3.8) is 0 Å². The fourth-order valence-electron chi connectivity index (χ4n) is 1.85. The Labute approximate surface area is 106 Å². The molecule has 2 heterocycles. The first-order chi connectivity index (χ1) is 8.67. The average molecular weight is 249 g/mol. The summed E-state index contributed by atoms with van der Waals surface area (Å²) in [5, 5.41) is 15.1. The Balaban J connectivity index is 1.88. The van der Waals surface area contributed by atoms with E-state index in [2.05, 4.69) is 38.3 Å². The Morgan fingerprint density at radius 2 is 2.17 bits per heavy atom. The van der Waals surface area contributed by atoms with Gasteiger partial charge < -0.3 is 4.42 Å². The summed E-state index contributed by atoms with van der Waals surface area (Å²) in [6, 6.07) is 2.11. The SMILES string of the molecule is CCCc1cc(CN(C)Cc2nnc(C)o2)[nH]n1. The molecule has 18 heavy (non-hydrogen) atoms. The predicted molar refractivity (Wildman–Crippen MR) is 66.8 cm³/mol. The summed E-state index contributed by atoms with van der Waals surface area (Å²) < 4.78 is 5.35. The van der Waals surface area contributed by atoms with Gasteiger partial charge in [0.15, 0.2) is 0 Å². The molecule has 98 valence electrons. The molecule has 0 atom stereocenters. The Morgan fingerprint density at radius 3 is 2.83 bits per heavy atom. The summed E-state index contributed by atoms with van der Waals surface area (Å²) in [7, 11) is 2.01. The Morgan fingerprint density at radius 1 is 1.33 bits per heavy atom. The molecule has 0 aromatic carbocycles. The van der Waals surface area contributed by atoms with Crippen molar-refractivity contribution in [2.75, 3.05) is 7.05 Å². The second-order valence-corrected chi connectivity index (χ2v) is 4.52. The quantitative estimate of drug-likeness (QED) is 0.843. The highest BCUT2D eigenvalue weighted by atomic mass is 16.4. The zero-order chi connectivity index (χ0) is 13.0. The van der Waals surface area contributed by atoms with Crippen LogP contribution in [-0.4, -0.2) is 32.3 Å². The number of aromatic nitrogens is 4. The van der Waals surface area contributed by atoms with Gasteiger partial charge in [-0.1, -0.05) is 13.3 Å². The minimum Gasteiger partial charge on any atom is -0.424 e. The highest BCUT2D eigenvalue weighted by Crippen LogP contribution is 2.07. The molecule has 0 saturated heterocycles. The van der Waals surface area contributed by atoms with E-state index in [0.29, 0.717) is 18.3 Å². The monoisotopic (exact) mass is 249 g/mol. The normalized spacial score (nSPS) is 11.3. The third kappa shape index (κ3) is 3.40. The Bertz CT molecular complexity index is 490. The smallest absolute Gasteiger partial charge is 0.230 e. The fourth-order valence-corrected chi connectivity index (χ4v) is 1.85. The lowest BCUT2D eigenvalue weighted by Gasteiger charge is -2.12. The summed E-state index contributed by atoms with van der Waals surface area (Å²) in [5.41, 5.74) is 2.23. The average Bonchev–Trinajstić information content (AvgIpc) is 2.89. The molecule has 2 aromatic rings. The number of aromatic amines is 1. The van der Waals surface area contributed by atoms with Gasteiger partial charge in [-0.15, -0.1) is 10.2 Å². The van der Waals surface area contributed by atoms with E-state index in [1.54, 1.807) is 6.92 Å². The van der Waals surface area contributed by atoms with Crippen molar-refractivity contribution < 1.29 is 4.42 Å². The van der Waals surface area contributed by atoms with Crippen LogP contribution in [0.4, 0.5) is 0 Å². The van der Waals surface area contributed by atoms with Crippen molar-refractivity contribution in [2.24, 2.45) is 0 Å². The zero-order valence-corrected chi connectivity index (χ0v) is 11.1. The van der Waals surface area contributed by atoms with Gasteiger partial charge >= 0.3 is 0 Å². The maximum Gasteiger partial charge on any atom is 0.230 e. The number of aryl methyl sites for hydroxylation is 2. The number of nitrogens with one attached hydrogen (secondary N) is 1. The van der Waals surface area contributed by atoms with Gasteiger partial charge in [0.1, 0.15) is 0 Å². The van der Waals surface area contributed by atoms with Gasteiger partial charge in [-0.05, 0) is 19.5 Å². The first kappa shape index (κ1) is 12.8. The van der Waals surface area contributed by atoms with Gasteiger partial charge in [0, 0.05) is 19.2 Å². The largest absolute Gasteiger partial charge is 0.424 e. The summed E-state index contributed by atoms with van der Waals surface area (Å²) in [4.78, 5) is 2.11. The molecule has 0 aliphatic rings. The molecule has 0 amide bonds. The van der Waals surface area contributed by atoms with E-state index >= 15 is 0 Å². The molecule has 6 heteroatoms. The van der Waals surface area contributed by atoms with Crippen molar-refractivity contribution in [2.45, 2.75) is 39.8 Å². The zero-order valence-electron chi connectivity index (χ0n) is 11.1. The minimum atomic E-state index is 0.602. The van der Waals surface area contributed by atoms with Gasteiger partial charge in [-0.2, -0.15) is 5.10 Å². The molecule has 0 saturated carbocycles. The third-order valence-corrected chi connectivity index (χ3v) is 2.60. The number of rotatable bonds is 6. The molecule has 0 bridgehead atoms. The van der Waals surface area contributed by atoms with Crippen LogP contribution in [-0.2, 0) is 19.5 Å². The summed E-state index contributed by atoms with van der Waals surface area (Å²) >= 11 is 0. The van der Waals surface area contributed by atoms with E-state index in [1.165, 1.54) is 0 Å². The molecular formula is C12H19N5O. The number of nitrogens with zero attached hydrogens (tertiary/aromatic N) is 4. The summed E-state index contributed by atoms with van der Waals surface area (Å²) in [6.45, 7) is 5.38. The van der Waals surface area contributed by atoms with Gasteiger partial charge in [0.05, 0.1) is 12.2 Å². The second-order valence-electron chi connectivity index (χ2n) is 4.52. The lowest BCUT2D eigenvalue weighted by Crippen LogP contribution is -2.17. The Hall–Kier alpha value is -1.69. The highest BCUT2D eigenvalue weighted by Gasteiger charge is 2.08. The van der Waals surface area contributed by atoms with E-state index in [9.17, 15) is 0 Å². The van der Waals surface area contributed by atoms with Crippen LogP contribution in [0.5, 0.6) is 0 Å². The van der Waals surface area contributed by atoms with Crippen molar-refractivity contribution >= 4 is 0 Å². The van der Waals surface area contributed by atoms with Gasteiger partial charge in [0.2, 0.25) is 11.8 Å². The third-order valence-electron chi connectivity index (χ3n) is 2.60. The standard InChI is InChI=1S/C12H19N5O/c1-4-5-10-6-11(15-14-10)7-17(3)8-12-16-13-9(2)18-12/h6H,4-5,7-8H2,1-3H3,(H,14,15). The summed E-state index contributed by atoms with van der Waals surface area (Å²) in [5.74, 6) is 1.24. The first-order valence-corrected chi connectivity index (χ1v) is 6.18. The van der Waals surface area contributed by atoms with E-state index in [0.717, 1.165) is 30.8 Å². The minimum absolute atomic E-state index is 0.602. The molecule has 6 nitrogen and oxygen atoms in total. The lowest BCUT2D eigenvalue weighted by molar-refractivity contribution is 0.276. The van der Waals surface area contributed by atoms with Crippen LogP contribution in [0.1, 0.15) is 36.5 Å². The molecule has 0 radical (unpaired) electrons. The van der Waals surface area contributed by atoms with E-state index in [1.807, 2.05) is 7.05 Å². The molecule has 1 N–H and O–H groups in total. The lowest BCUT2D eigenvalue weighted by atomic mass is 10.2. The molecule has 0 spiro atoms. The maximum atomic E-state index is 5.35. The molecular weight excluding hydrogens is 230 g/mol. The molecule has 0 aliphatic heterocycles. The van der Waals surface area contributed by atoms with Crippen molar-refractivity contribution in [1.29, 1.82) is 0 Å². The fraction of sp³-hybridized carbons (Fsp3) is 0.583. The molecule has 0 fully saturated rings. The van der Waals surface area contributed by atoms with Crippen molar-refractivity contribution in [3.8, 4) is 0 Å². The highest BCUT2D eigenvalue weighted by molar-refractivity contribution is 5.08. The van der Waals surface area contributed by atoms with E-state index in [-0.39, 0.29) is 0 Å². The molecule has 0 unspecified atom stereocenters. The van der Waals surface area contributed by atoms with E-state index in [4.69, 9.17) is 4.42 Å². The van der Waals surface area contributed by atoms with Crippen LogP contribution in [0.3, 0.4) is 0 Å². The van der Waals surface area contributed by atoms with Crippen LogP contribution in [0.15, 0.2) is 10.5 Å². The second kappa shape index (κ2) is 5.77. The van der Waals surface area contributed by atoms with Crippen LogP contribution >= 0.6 is 0 Å². The predicted octanol–water partition coefficient (Wildman–Crippen LogP) is 1.69. The van der Waals surface area contributed by atoms with Gasteiger partial charge in [0.25, 0.3) is 0 Å². The van der Waals surface area contributed by atoms with Crippen LogP contribution < -0.4 is 0 Å². The number of hydrogen-bond acceptors (Lipinski definition) is 5. The van der Waals surface area contributed by atoms with Crippen LogP contribution in [0.25, 0.3) is 0 Å². The number of hydrogen-bond donors (Lipinski definition) is 1. The first-order valence-electron chi connectivity index (χ1n) is 6.18. The van der Waals surface area contributed by atoms with Crippen LogP contribution in [0, 0.1) is 6.92 Å². The molecule has 2 aromatic heterocycles. The van der Waals surface area contributed by atoms with Crippen LogP contribution in [0.2, 0.25) is 0 Å². The van der Waals surface area contributed by atoms with E-state index < -0.39 is 0 Å². The topological polar surface area (TPSA) is 70.8 Å².